The largest absolute Gasteiger partial charge is 0.391 e. The van der Waals surface area contributed by atoms with Gasteiger partial charge in [0, 0.05) is 6.54 Å². The fourth-order valence-electron chi connectivity index (χ4n) is 2.42. The molecule has 1 heterocycles. The first-order valence-electron chi connectivity index (χ1n) is 7.45. The number of carbonyl (C=O) groups is 1. The number of aliphatic hydroxyl groups excluding tert-OH is 1. The molecular weight excluding hydrogens is 256 g/mol. The van der Waals surface area contributed by atoms with Crippen LogP contribution in [-0.4, -0.2) is 38.2 Å². The van der Waals surface area contributed by atoms with E-state index in [0.717, 1.165) is 38.6 Å². The van der Waals surface area contributed by atoms with E-state index in [9.17, 15) is 9.90 Å². The molecular formula is C14H24N4O2. The van der Waals surface area contributed by atoms with E-state index in [1.165, 1.54) is 0 Å². The molecule has 1 saturated carbocycles. The van der Waals surface area contributed by atoms with Gasteiger partial charge in [-0.1, -0.05) is 31.9 Å². The van der Waals surface area contributed by atoms with Crippen molar-refractivity contribution in [1.29, 1.82) is 0 Å². The molecule has 112 valence electrons. The first-order valence-corrected chi connectivity index (χ1v) is 7.45. The van der Waals surface area contributed by atoms with Gasteiger partial charge >= 0.3 is 0 Å². The fourth-order valence-corrected chi connectivity index (χ4v) is 2.42. The highest BCUT2D eigenvalue weighted by atomic mass is 16.3. The Balaban J connectivity index is 1.88. The number of aliphatic hydroxyl groups is 1. The second-order valence-electron chi connectivity index (χ2n) is 5.98. The molecule has 6 heteroatoms. The van der Waals surface area contributed by atoms with Crippen molar-refractivity contribution < 1.29 is 9.90 Å². The van der Waals surface area contributed by atoms with Crippen molar-refractivity contribution in [3.8, 4) is 0 Å². The van der Waals surface area contributed by atoms with Crippen LogP contribution in [-0.2, 0) is 6.54 Å². The maximum atomic E-state index is 12.1. The Hall–Kier alpha value is -1.43. The van der Waals surface area contributed by atoms with E-state index in [1.807, 2.05) is 0 Å². The lowest BCUT2D eigenvalue weighted by atomic mass is 9.92. The van der Waals surface area contributed by atoms with E-state index in [2.05, 4.69) is 29.5 Å². The van der Waals surface area contributed by atoms with E-state index < -0.39 is 6.10 Å². The van der Waals surface area contributed by atoms with Crippen molar-refractivity contribution in [1.82, 2.24) is 20.3 Å². The first kappa shape index (κ1) is 15.0. The van der Waals surface area contributed by atoms with E-state index >= 15 is 0 Å². The van der Waals surface area contributed by atoms with Gasteiger partial charge in [-0.25, -0.2) is 0 Å². The highest BCUT2D eigenvalue weighted by molar-refractivity contribution is 5.92. The van der Waals surface area contributed by atoms with Crippen LogP contribution in [0.2, 0.25) is 0 Å². The van der Waals surface area contributed by atoms with Crippen LogP contribution >= 0.6 is 0 Å². The van der Waals surface area contributed by atoms with Gasteiger partial charge in [0.1, 0.15) is 0 Å². The van der Waals surface area contributed by atoms with Gasteiger partial charge in [0.2, 0.25) is 0 Å². The summed E-state index contributed by atoms with van der Waals surface area (Å²) in [6.07, 6.45) is 5.89. The summed E-state index contributed by atoms with van der Waals surface area (Å²) in [5.74, 6) is 0.348. The Bertz CT molecular complexity index is 444. The summed E-state index contributed by atoms with van der Waals surface area (Å²) in [7, 11) is 0. The maximum Gasteiger partial charge on any atom is 0.273 e. The molecule has 2 unspecified atom stereocenters. The molecule has 20 heavy (non-hydrogen) atoms. The molecule has 0 radical (unpaired) electrons. The highest BCUT2D eigenvalue weighted by Crippen LogP contribution is 2.18. The third-order valence-electron chi connectivity index (χ3n) is 3.75. The molecule has 0 aromatic carbocycles. The second-order valence-corrected chi connectivity index (χ2v) is 5.98. The third-order valence-corrected chi connectivity index (χ3v) is 3.75. The highest BCUT2D eigenvalue weighted by Gasteiger charge is 2.25. The summed E-state index contributed by atoms with van der Waals surface area (Å²) < 4.78 is 1.70. The lowest BCUT2D eigenvalue weighted by molar-refractivity contribution is 0.0713. The van der Waals surface area contributed by atoms with Crippen LogP contribution in [0.25, 0.3) is 0 Å². The summed E-state index contributed by atoms with van der Waals surface area (Å²) in [5.41, 5.74) is 0.325. The van der Waals surface area contributed by atoms with Crippen LogP contribution in [0.1, 0.15) is 56.4 Å². The number of hydrogen-bond acceptors (Lipinski definition) is 4. The second kappa shape index (κ2) is 6.83. The van der Waals surface area contributed by atoms with Crippen LogP contribution in [0.4, 0.5) is 0 Å². The minimum absolute atomic E-state index is 0.155. The average molecular weight is 280 g/mol. The standard InChI is InChI=1S/C14H24N4O2/c1-10(2)7-8-18-9-12(16-17-18)14(20)15-11-5-3-4-6-13(11)19/h9-11,13,19H,3-8H2,1-2H3,(H,15,20). The quantitative estimate of drug-likeness (QED) is 0.853. The molecule has 6 nitrogen and oxygen atoms in total. The summed E-state index contributed by atoms with van der Waals surface area (Å²) in [5, 5.41) is 20.6. The molecule has 1 aliphatic carbocycles. The van der Waals surface area contributed by atoms with Crippen LogP contribution in [0.5, 0.6) is 0 Å². The zero-order valence-electron chi connectivity index (χ0n) is 12.2. The van der Waals surface area contributed by atoms with Crippen LogP contribution < -0.4 is 5.32 Å². The molecule has 0 saturated heterocycles. The van der Waals surface area contributed by atoms with Crippen molar-refractivity contribution in [2.24, 2.45) is 5.92 Å². The zero-order valence-corrected chi connectivity index (χ0v) is 12.2. The van der Waals surface area contributed by atoms with Gasteiger partial charge in [-0.2, -0.15) is 0 Å². The summed E-state index contributed by atoms with van der Waals surface area (Å²) >= 11 is 0. The predicted molar refractivity (Wildman–Crippen MR) is 75.2 cm³/mol. The van der Waals surface area contributed by atoms with Gasteiger partial charge in [0.15, 0.2) is 5.69 Å². The minimum atomic E-state index is -0.441. The Morgan fingerprint density at radius 1 is 1.50 bits per heavy atom. The van der Waals surface area contributed by atoms with Crippen molar-refractivity contribution in [3.05, 3.63) is 11.9 Å². The van der Waals surface area contributed by atoms with Gasteiger partial charge in [0.25, 0.3) is 5.91 Å². The summed E-state index contributed by atoms with van der Waals surface area (Å²) in [6, 6.07) is -0.155. The van der Waals surface area contributed by atoms with Crippen molar-refractivity contribution in [2.45, 2.75) is 64.6 Å². The SMILES string of the molecule is CC(C)CCn1cc(C(=O)NC2CCCCC2O)nn1. The average Bonchev–Trinajstić information content (AvgIpc) is 2.88. The molecule has 1 aromatic rings. The number of nitrogens with one attached hydrogen (secondary N) is 1. The predicted octanol–water partition coefficient (Wildman–Crippen LogP) is 1.36. The molecule has 2 N–H and O–H groups in total. The Morgan fingerprint density at radius 3 is 2.95 bits per heavy atom. The molecule has 2 rings (SSSR count). The van der Waals surface area contributed by atoms with Crippen LogP contribution in [0.3, 0.4) is 0 Å². The van der Waals surface area contributed by atoms with Crippen molar-refractivity contribution in [3.63, 3.8) is 0 Å². The Labute approximate surface area is 119 Å². The minimum Gasteiger partial charge on any atom is -0.391 e. The number of amides is 1. The van der Waals surface area contributed by atoms with Crippen molar-refractivity contribution in [2.75, 3.05) is 0 Å². The third kappa shape index (κ3) is 4.03. The molecule has 1 aromatic heterocycles. The van der Waals surface area contributed by atoms with Gasteiger partial charge in [0.05, 0.1) is 18.3 Å². The van der Waals surface area contributed by atoms with Gasteiger partial charge in [-0.3, -0.25) is 9.48 Å². The summed E-state index contributed by atoms with van der Waals surface area (Å²) in [6.45, 7) is 5.06. The zero-order chi connectivity index (χ0) is 14.5. The van der Waals surface area contributed by atoms with Crippen LogP contribution in [0, 0.1) is 5.92 Å². The molecule has 0 spiro atoms. The number of aromatic nitrogens is 3. The smallest absolute Gasteiger partial charge is 0.273 e. The number of aryl methyl sites for hydroxylation is 1. The van der Waals surface area contributed by atoms with Gasteiger partial charge < -0.3 is 10.4 Å². The molecule has 1 amide bonds. The van der Waals surface area contributed by atoms with E-state index in [4.69, 9.17) is 0 Å². The van der Waals surface area contributed by atoms with E-state index in [-0.39, 0.29) is 11.9 Å². The number of nitrogens with zero attached hydrogens (tertiary/aromatic N) is 3. The number of hydrogen-bond donors (Lipinski definition) is 2. The number of rotatable bonds is 5. The van der Waals surface area contributed by atoms with Crippen molar-refractivity contribution >= 4 is 5.91 Å². The Kier molecular flexibility index (Phi) is 5.11. The topological polar surface area (TPSA) is 80.0 Å². The summed E-state index contributed by atoms with van der Waals surface area (Å²) in [4.78, 5) is 12.1. The van der Waals surface area contributed by atoms with Crippen LogP contribution in [0.15, 0.2) is 6.20 Å². The van der Waals surface area contributed by atoms with Gasteiger partial charge in [-0.15, -0.1) is 5.10 Å². The number of carbonyl (C=O) groups excluding carboxylic acids is 1. The van der Waals surface area contributed by atoms with Gasteiger partial charge in [-0.05, 0) is 25.2 Å². The lowest BCUT2D eigenvalue weighted by Gasteiger charge is -2.27. The lowest BCUT2D eigenvalue weighted by Crippen LogP contribution is -2.45. The van der Waals surface area contributed by atoms with E-state index in [0.29, 0.717) is 11.6 Å². The molecule has 0 aliphatic heterocycles. The first-order chi connectivity index (χ1) is 9.56. The molecule has 0 bridgehead atoms. The Morgan fingerprint density at radius 2 is 2.25 bits per heavy atom. The normalized spacial score (nSPS) is 23.0. The molecule has 1 fully saturated rings. The van der Waals surface area contributed by atoms with E-state index in [1.54, 1.807) is 10.9 Å². The monoisotopic (exact) mass is 280 g/mol. The fraction of sp³-hybridized carbons (Fsp3) is 0.786. The molecule has 2 atom stereocenters. The molecule has 1 aliphatic rings. The maximum absolute atomic E-state index is 12.1.